The minimum atomic E-state index is 0.0263. The van der Waals surface area contributed by atoms with Gasteiger partial charge in [-0.1, -0.05) is 30.3 Å². The fraction of sp³-hybridized carbons (Fsp3) is 0.280. The van der Waals surface area contributed by atoms with E-state index in [1.165, 1.54) is 5.56 Å². The Kier molecular flexibility index (Phi) is 5.34. The van der Waals surface area contributed by atoms with Crippen molar-refractivity contribution in [3.8, 4) is 11.1 Å². The van der Waals surface area contributed by atoms with Crippen molar-refractivity contribution in [2.75, 3.05) is 25.5 Å². The Balaban J connectivity index is 1.63. The van der Waals surface area contributed by atoms with Crippen LogP contribution >= 0.6 is 0 Å². The number of aryl methyl sites for hydroxylation is 1. The number of rotatable bonds is 4. The lowest BCUT2D eigenvalue weighted by molar-refractivity contribution is 0.0733. The van der Waals surface area contributed by atoms with Crippen LogP contribution in [-0.2, 0) is 0 Å². The van der Waals surface area contributed by atoms with Crippen LogP contribution < -0.4 is 4.90 Å². The van der Waals surface area contributed by atoms with E-state index in [2.05, 4.69) is 24.3 Å². The van der Waals surface area contributed by atoms with E-state index in [-0.39, 0.29) is 11.9 Å². The van der Waals surface area contributed by atoms with Crippen LogP contribution in [-0.4, -0.2) is 36.4 Å². The van der Waals surface area contributed by atoms with Crippen LogP contribution in [0, 0.1) is 6.92 Å². The summed E-state index contributed by atoms with van der Waals surface area (Å²) in [6.07, 6.45) is 1.95. The maximum Gasteiger partial charge on any atom is 0.254 e. The van der Waals surface area contributed by atoms with Gasteiger partial charge in [-0.2, -0.15) is 0 Å². The van der Waals surface area contributed by atoms with Crippen LogP contribution in [0.15, 0.2) is 66.7 Å². The minimum absolute atomic E-state index is 0.0263. The third kappa shape index (κ3) is 4.02. The van der Waals surface area contributed by atoms with Crippen LogP contribution in [0.1, 0.15) is 40.6 Å². The Morgan fingerprint density at radius 3 is 2.41 bits per heavy atom. The first-order valence-electron chi connectivity index (χ1n) is 10.2. The Labute approximate surface area is 172 Å². The normalized spacial score (nSPS) is 16.1. The molecular weight excluding hydrogens is 358 g/mol. The molecule has 3 aromatic rings. The molecule has 29 heavy (non-hydrogen) atoms. The largest absolute Gasteiger partial charge is 0.378 e. The zero-order valence-corrected chi connectivity index (χ0v) is 17.3. The molecule has 2 aromatic carbocycles. The molecule has 1 aliphatic heterocycles. The monoisotopic (exact) mass is 385 g/mol. The van der Waals surface area contributed by atoms with E-state index in [4.69, 9.17) is 4.98 Å². The van der Waals surface area contributed by atoms with Gasteiger partial charge in [-0.3, -0.25) is 9.78 Å². The summed E-state index contributed by atoms with van der Waals surface area (Å²) in [6, 6.07) is 22.5. The molecule has 0 radical (unpaired) electrons. The van der Waals surface area contributed by atoms with Gasteiger partial charge in [-0.05, 0) is 67.3 Å². The van der Waals surface area contributed by atoms with Gasteiger partial charge in [-0.15, -0.1) is 0 Å². The van der Waals surface area contributed by atoms with Crippen LogP contribution in [0.3, 0.4) is 0 Å². The molecule has 0 N–H and O–H groups in total. The summed E-state index contributed by atoms with van der Waals surface area (Å²) in [7, 11) is 4.00. The second kappa shape index (κ2) is 8.08. The zero-order valence-electron chi connectivity index (χ0n) is 17.3. The molecule has 4 rings (SSSR count). The van der Waals surface area contributed by atoms with Crippen molar-refractivity contribution in [2.45, 2.75) is 25.8 Å². The number of carbonyl (C=O) groups is 1. The summed E-state index contributed by atoms with van der Waals surface area (Å²) in [6.45, 7) is 2.80. The van der Waals surface area contributed by atoms with Gasteiger partial charge in [0.2, 0.25) is 0 Å². The van der Waals surface area contributed by atoms with Crippen LogP contribution in [0.4, 0.5) is 5.69 Å². The number of nitrogens with zero attached hydrogens (tertiary/aromatic N) is 3. The van der Waals surface area contributed by atoms with Crippen molar-refractivity contribution in [3.63, 3.8) is 0 Å². The number of aromatic nitrogens is 1. The first-order chi connectivity index (χ1) is 14.0. The molecule has 4 nitrogen and oxygen atoms in total. The topological polar surface area (TPSA) is 36.4 Å². The van der Waals surface area contributed by atoms with E-state index >= 15 is 0 Å². The number of carbonyl (C=O) groups excluding carboxylic acids is 1. The molecule has 0 aliphatic carbocycles. The van der Waals surface area contributed by atoms with Gasteiger partial charge in [0.05, 0.1) is 11.7 Å². The highest BCUT2D eigenvalue weighted by Gasteiger charge is 2.32. The number of pyridine rings is 1. The highest BCUT2D eigenvalue weighted by Crippen LogP contribution is 2.34. The number of hydrogen-bond acceptors (Lipinski definition) is 3. The fourth-order valence-electron chi connectivity index (χ4n) is 4.05. The van der Waals surface area contributed by atoms with Gasteiger partial charge in [0.1, 0.15) is 0 Å². The third-order valence-electron chi connectivity index (χ3n) is 5.57. The molecule has 1 amide bonds. The summed E-state index contributed by atoms with van der Waals surface area (Å²) in [5.74, 6) is 0.0855. The molecule has 2 heterocycles. The lowest BCUT2D eigenvalue weighted by atomic mass is 10.0. The SMILES string of the molecule is Cc1cc(-c2ccccc2)cc([C@H]2CCCN2C(=O)c2ccc(N(C)C)cc2)n1. The van der Waals surface area contributed by atoms with Gasteiger partial charge < -0.3 is 9.80 Å². The minimum Gasteiger partial charge on any atom is -0.378 e. The molecule has 1 aliphatic rings. The third-order valence-corrected chi connectivity index (χ3v) is 5.57. The van der Waals surface area contributed by atoms with E-state index < -0.39 is 0 Å². The highest BCUT2D eigenvalue weighted by molar-refractivity contribution is 5.95. The first-order valence-corrected chi connectivity index (χ1v) is 10.2. The fourth-order valence-corrected chi connectivity index (χ4v) is 4.05. The summed E-state index contributed by atoms with van der Waals surface area (Å²) >= 11 is 0. The predicted molar refractivity (Wildman–Crippen MR) is 118 cm³/mol. The van der Waals surface area contributed by atoms with E-state index in [0.29, 0.717) is 0 Å². The number of amides is 1. The Bertz CT molecular complexity index is 996. The summed E-state index contributed by atoms with van der Waals surface area (Å²) in [5.41, 5.74) is 6.12. The zero-order chi connectivity index (χ0) is 20.4. The Hall–Kier alpha value is -3.14. The second-order valence-corrected chi connectivity index (χ2v) is 7.89. The average Bonchev–Trinajstić information content (AvgIpc) is 3.23. The van der Waals surface area contributed by atoms with E-state index in [1.54, 1.807) is 0 Å². The molecule has 1 fully saturated rings. The van der Waals surface area contributed by atoms with Crippen molar-refractivity contribution in [2.24, 2.45) is 0 Å². The summed E-state index contributed by atoms with van der Waals surface area (Å²) in [5, 5.41) is 0. The molecular formula is C25H27N3O. The lowest BCUT2D eigenvalue weighted by Gasteiger charge is -2.25. The van der Waals surface area contributed by atoms with Crippen LogP contribution in [0.25, 0.3) is 11.1 Å². The first kappa shape index (κ1) is 19.2. The molecule has 1 aromatic heterocycles. The number of hydrogen-bond donors (Lipinski definition) is 0. The molecule has 1 atom stereocenters. The van der Waals surface area contributed by atoms with Gasteiger partial charge in [-0.25, -0.2) is 0 Å². The van der Waals surface area contributed by atoms with Gasteiger partial charge in [0, 0.05) is 37.6 Å². The summed E-state index contributed by atoms with van der Waals surface area (Å²) in [4.78, 5) is 22.1. The van der Waals surface area contributed by atoms with Crippen molar-refractivity contribution in [3.05, 3.63) is 83.7 Å². The van der Waals surface area contributed by atoms with Gasteiger partial charge >= 0.3 is 0 Å². The molecule has 4 heteroatoms. The van der Waals surface area contributed by atoms with Crippen molar-refractivity contribution in [1.82, 2.24) is 9.88 Å². The smallest absolute Gasteiger partial charge is 0.254 e. The quantitative estimate of drug-likeness (QED) is 0.627. The lowest BCUT2D eigenvalue weighted by Crippen LogP contribution is -2.31. The number of likely N-dealkylation sites (tertiary alicyclic amines) is 1. The Morgan fingerprint density at radius 2 is 1.72 bits per heavy atom. The van der Waals surface area contributed by atoms with Crippen molar-refractivity contribution >= 4 is 11.6 Å². The maximum absolute atomic E-state index is 13.2. The molecule has 0 unspecified atom stereocenters. The van der Waals surface area contributed by atoms with Gasteiger partial charge in [0.15, 0.2) is 0 Å². The number of anilines is 1. The molecule has 148 valence electrons. The second-order valence-electron chi connectivity index (χ2n) is 7.89. The van der Waals surface area contributed by atoms with Crippen molar-refractivity contribution < 1.29 is 4.79 Å². The van der Waals surface area contributed by atoms with Crippen LogP contribution in [0.2, 0.25) is 0 Å². The number of benzene rings is 2. The van der Waals surface area contributed by atoms with Crippen molar-refractivity contribution in [1.29, 1.82) is 0 Å². The molecule has 0 saturated carbocycles. The molecule has 0 spiro atoms. The molecule has 1 saturated heterocycles. The van der Waals surface area contributed by atoms with Crippen LogP contribution in [0.5, 0.6) is 0 Å². The van der Waals surface area contributed by atoms with Gasteiger partial charge in [0.25, 0.3) is 5.91 Å². The standard InChI is InChI=1S/C25H27N3O/c1-18-16-21(19-8-5-4-6-9-19)17-23(26-18)24-10-7-15-28(24)25(29)20-11-13-22(14-12-20)27(2)3/h4-6,8-9,11-14,16-17,24H,7,10,15H2,1-3H3/t24-/m1/s1. The molecule has 0 bridgehead atoms. The van der Waals surface area contributed by atoms with E-state index in [9.17, 15) is 4.79 Å². The highest BCUT2D eigenvalue weighted by atomic mass is 16.2. The maximum atomic E-state index is 13.2. The van der Waals surface area contributed by atoms with E-state index in [0.717, 1.165) is 47.6 Å². The Morgan fingerprint density at radius 1 is 1.00 bits per heavy atom. The predicted octanol–water partition coefficient (Wildman–Crippen LogP) is 5.10. The summed E-state index contributed by atoms with van der Waals surface area (Å²) < 4.78 is 0. The van der Waals surface area contributed by atoms with E-state index in [1.807, 2.05) is 73.3 Å². The average molecular weight is 386 g/mol.